The third-order valence-electron chi connectivity index (χ3n) is 4.92. The van der Waals surface area contributed by atoms with Crippen LogP contribution in [-0.4, -0.2) is 50.2 Å². The van der Waals surface area contributed by atoms with Crippen molar-refractivity contribution < 1.29 is 4.79 Å². The number of rotatable bonds is 3. The number of piperidine rings is 1. The Balaban J connectivity index is 1.44. The van der Waals surface area contributed by atoms with Crippen LogP contribution in [0.3, 0.4) is 0 Å². The van der Waals surface area contributed by atoms with Crippen LogP contribution in [0.4, 0.5) is 5.13 Å². The fourth-order valence-corrected chi connectivity index (χ4v) is 4.33. The van der Waals surface area contributed by atoms with Crippen molar-refractivity contribution in [2.24, 2.45) is 5.92 Å². The highest BCUT2D eigenvalue weighted by atomic mass is 32.1. The highest BCUT2D eigenvalue weighted by Crippen LogP contribution is 2.27. The van der Waals surface area contributed by atoms with E-state index in [-0.39, 0.29) is 11.8 Å². The minimum atomic E-state index is 0.0581. The average molecular weight is 346 g/mol. The van der Waals surface area contributed by atoms with E-state index >= 15 is 0 Å². The Morgan fingerprint density at radius 3 is 3.04 bits per heavy atom. The number of hydrogen-bond acceptors (Lipinski definition) is 6. The zero-order valence-corrected chi connectivity index (χ0v) is 14.7. The lowest BCUT2D eigenvalue weighted by molar-refractivity contribution is -0.137. The molecule has 0 unspecified atom stereocenters. The van der Waals surface area contributed by atoms with E-state index in [1.807, 2.05) is 16.5 Å². The van der Waals surface area contributed by atoms with Crippen LogP contribution in [0.1, 0.15) is 31.4 Å². The van der Waals surface area contributed by atoms with Gasteiger partial charge in [0.05, 0.1) is 12.5 Å². The Labute approximate surface area is 145 Å². The van der Waals surface area contributed by atoms with Gasteiger partial charge in [-0.2, -0.15) is 0 Å². The zero-order valence-electron chi connectivity index (χ0n) is 13.9. The molecule has 1 fully saturated rings. The maximum absolute atomic E-state index is 13.0. The van der Waals surface area contributed by atoms with Crippen molar-refractivity contribution in [2.45, 2.75) is 39.3 Å². The first-order valence-corrected chi connectivity index (χ1v) is 9.48. The number of amides is 1. The predicted octanol–water partition coefficient (Wildman–Crippen LogP) is 1.56. The molecule has 128 valence electrons. The van der Waals surface area contributed by atoms with Crippen LogP contribution in [0.2, 0.25) is 0 Å². The minimum Gasteiger partial charge on any atom is -0.347 e. The van der Waals surface area contributed by atoms with Gasteiger partial charge in [0.25, 0.3) is 0 Å². The molecule has 2 aliphatic heterocycles. The average Bonchev–Trinajstić information content (AvgIpc) is 3.30. The summed E-state index contributed by atoms with van der Waals surface area (Å²) in [6, 6.07) is 0. The second-order valence-corrected chi connectivity index (χ2v) is 7.27. The molecule has 2 aliphatic rings. The van der Waals surface area contributed by atoms with Gasteiger partial charge >= 0.3 is 0 Å². The van der Waals surface area contributed by atoms with Crippen LogP contribution in [0, 0.1) is 5.92 Å². The van der Waals surface area contributed by atoms with Gasteiger partial charge in [-0.3, -0.25) is 4.79 Å². The van der Waals surface area contributed by atoms with Gasteiger partial charge in [-0.15, -0.1) is 21.5 Å². The van der Waals surface area contributed by atoms with Crippen LogP contribution in [0.25, 0.3) is 0 Å². The molecule has 1 amide bonds. The minimum absolute atomic E-state index is 0.0581. The molecule has 0 spiro atoms. The fourth-order valence-electron chi connectivity index (χ4n) is 3.65. The molecule has 4 heterocycles. The molecule has 0 radical (unpaired) electrons. The van der Waals surface area contributed by atoms with Crippen molar-refractivity contribution in [3.63, 3.8) is 0 Å². The van der Waals surface area contributed by atoms with Crippen LogP contribution in [0.5, 0.6) is 0 Å². The van der Waals surface area contributed by atoms with Crippen molar-refractivity contribution in [1.29, 1.82) is 0 Å². The van der Waals surface area contributed by atoms with E-state index in [1.165, 1.54) is 0 Å². The van der Waals surface area contributed by atoms with Crippen molar-refractivity contribution in [1.82, 2.24) is 24.6 Å². The van der Waals surface area contributed by atoms with E-state index in [2.05, 4.69) is 31.6 Å². The Hall–Kier alpha value is -1.96. The summed E-state index contributed by atoms with van der Waals surface area (Å²) in [6.07, 6.45) is 4.71. The van der Waals surface area contributed by atoms with Crippen molar-refractivity contribution in [2.75, 3.05) is 24.5 Å². The molecule has 1 saturated heterocycles. The summed E-state index contributed by atoms with van der Waals surface area (Å²) in [4.78, 5) is 21.6. The number of hydrogen-bond donors (Lipinski definition) is 0. The molecule has 7 nitrogen and oxygen atoms in total. The maximum Gasteiger partial charge on any atom is 0.227 e. The summed E-state index contributed by atoms with van der Waals surface area (Å²) in [6.45, 7) is 6.00. The molecule has 24 heavy (non-hydrogen) atoms. The Morgan fingerprint density at radius 1 is 1.33 bits per heavy atom. The molecular formula is C16H22N6OS. The molecule has 1 atom stereocenters. The van der Waals surface area contributed by atoms with Gasteiger partial charge < -0.3 is 14.4 Å². The molecule has 0 aromatic carbocycles. The van der Waals surface area contributed by atoms with Crippen LogP contribution >= 0.6 is 11.3 Å². The molecule has 0 aliphatic carbocycles. The Kier molecular flexibility index (Phi) is 4.22. The quantitative estimate of drug-likeness (QED) is 0.844. The van der Waals surface area contributed by atoms with E-state index in [0.29, 0.717) is 6.54 Å². The molecule has 2 aromatic rings. The summed E-state index contributed by atoms with van der Waals surface area (Å²) in [5.74, 6) is 2.25. The normalized spacial score (nSPS) is 21.0. The van der Waals surface area contributed by atoms with Gasteiger partial charge in [-0.1, -0.05) is 6.92 Å². The number of anilines is 1. The van der Waals surface area contributed by atoms with Gasteiger partial charge in [0.15, 0.2) is 11.0 Å². The van der Waals surface area contributed by atoms with Crippen molar-refractivity contribution >= 4 is 22.4 Å². The van der Waals surface area contributed by atoms with Crippen LogP contribution in [-0.2, 0) is 24.3 Å². The van der Waals surface area contributed by atoms with Gasteiger partial charge in [-0.25, -0.2) is 4.98 Å². The summed E-state index contributed by atoms with van der Waals surface area (Å²) >= 11 is 1.64. The number of nitrogens with zero attached hydrogens (tertiary/aromatic N) is 6. The fraction of sp³-hybridized carbons (Fsp3) is 0.625. The van der Waals surface area contributed by atoms with Crippen molar-refractivity contribution in [3.05, 3.63) is 23.2 Å². The zero-order chi connectivity index (χ0) is 16.5. The van der Waals surface area contributed by atoms with Crippen LogP contribution in [0.15, 0.2) is 11.6 Å². The van der Waals surface area contributed by atoms with E-state index in [1.54, 1.807) is 11.3 Å². The lowest BCUT2D eigenvalue weighted by Gasteiger charge is -2.36. The van der Waals surface area contributed by atoms with Gasteiger partial charge in [0.2, 0.25) is 5.91 Å². The standard InChI is InChI=1S/C16H22N6OS/c1-2-13-18-19-14-11-20(7-8-22(13)14)15(23)12-4-3-6-21(10-12)16-17-5-9-24-16/h5,9,12H,2-4,6-8,10-11H2,1H3/t12-/m1/s1. The van der Waals surface area contributed by atoms with Gasteiger partial charge in [0.1, 0.15) is 5.82 Å². The number of thiazole rings is 1. The van der Waals surface area contributed by atoms with E-state index in [4.69, 9.17) is 0 Å². The first-order chi connectivity index (χ1) is 11.8. The van der Waals surface area contributed by atoms with Crippen LogP contribution < -0.4 is 4.90 Å². The molecular weight excluding hydrogens is 324 g/mol. The molecule has 8 heteroatoms. The Bertz CT molecular complexity index is 712. The van der Waals surface area contributed by atoms with E-state index in [0.717, 1.165) is 62.2 Å². The molecule has 4 rings (SSSR count). The van der Waals surface area contributed by atoms with Gasteiger partial charge in [-0.05, 0) is 12.8 Å². The first-order valence-electron chi connectivity index (χ1n) is 8.60. The summed E-state index contributed by atoms with van der Waals surface area (Å²) in [7, 11) is 0. The number of aromatic nitrogens is 4. The largest absolute Gasteiger partial charge is 0.347 e. The summed E-state index contributed by atoms with van der Waals surface area (Å²) in [5, 5.41) is 11.5. The second kappa shape index (κ2) is 6.51. The number of carbonyl (C=O) groups is 1. The third-order valence-corrected chi connectivity index (χ3v) is 5.75. The topological polar surface area (TPSA) is 67.2 Å². The molecule has 2 aromatic heterocycles. The monoisotopic (exact) mass is 346 g/mol. The van der Waals surface area contributed by atoms with Crippen molar-refractivity contribution in [3.8, 4) is 0 Å². The maximum atomic E-state index is 13.0. The molecule has 0 bridgehead atoms. The number of aryl methyl sites for hydroxylation is 1. The first kappa shape index (κ1) is 15.6. The van der Waals surface area contributed by atoms with Gasteiger partial charge in [0, 0.05) is 44.2 Å². The molecule has 0 saturated carbocycles. The predicted molar refractivity (Wildman–Crippen MR) is 91.9 cm³/mol. The highest BCUT2D eigenvalue weighted by Gasteiger charge is 2.32. The highest BCUT2D eigenvalue weighted by molar-refractivity contribution is 7.13. The number of fused-ring (bicyclic) bond motifs is 1. The summed E-state index contributed by atoms with van der Waals surface area (Å²) in [5.41, 5.74) is 0. The lowest BCUT2D eigenvalue weighted by atomic mass is 9.96. The lowest BCUT2D eigenvalue weighted by Crippen LogP contribution is -2.47. The third kappa shape index (κ3) is 2.79. The SMILES string of the molecule is CCc1nnc2n1CCN(C(=O)[C@@H]1CCCN(c3nccs3)C1)C2. The second-order valence-electron chi connectivity index (χ2n) is 6.40. The van der Waals surface area contributed by atoms with E-state index in [9.17, 15) is 4.79 Å². The number of carbonyl (C=O) groups excluding carboxylic acids is 1. The van der Waals surface area contributed by atoms with E-state index < -0.39 is 0 Å². The smallest absolute Gasteiger partial charge is 0.227 e. The Morgan fingerprint density at radius 2 is 2.25 bits per heavy atom. The summed E-state index contributed by atoms with van der Waals surface area (Å²) < 4.78 is 2.16. The molecule has 0 N–H and O–H groups in total.